The molecule has 9 nitrogen and oxygen atoms in total. The number of aliphatic hydroxyl groups excluding tert-OH is 1. The zero-order chi connectivity index (χ0) is 84.4. The SMILES string of the molecule is CC(=O)C=C(C)O.CC1(C)c2ccc[c-]c2-c2nccc3cccc1c23.Cc1ccc2c(c1)c1cccc3c1c1n2c(-c2c(C)cccc2C)c[n+]1C3.[2H]c1c([2H])c([2H])c2c(c1[2H])Cc1c([2H])c([2H])c([2H])c([2H])c1-2.[Ir].c1ccc2c(c1)C[n+]1c-2n(-c2cccc3ccccc23)c2ccccc21.c1ccc2c(c1)C[n+]1ccn(-c3cccc4ccccc34)c1-2. The molecule has 0 amide bonds. The Morgan fingerprint density at radius 2 is 1.11 bits per heavy atom. The maximum atomic E-state index is 10.0. The minimum absolute atomic E-state index is 0. The van der Waals surface area contributed by atoms with E-state index in [0.29, 0.717) is 11.1 Å². The van der Waals surface area contributed by atoms with Crippen LogP contribution >= 0.6 is 0 Å². The Bertz CT molecular complexity index is 7560. The van der Waals surface area contributed by atoms with Crippen molar-refractivity contribution in [1.82, 2.24) is 18.5 Å². The Kier molecular flexibility index (Phi) is 16.8. The fourth-order valence-electron chi connectivity index (χ4n) is 17.9. The molecule has 3 aliphatic heterocycles. The molecule has 1 N–H and O–H groups in total. The van der Waals surface area contributed by atoms with Crippen molar-refractivity contribution in [1.29, 1.82) is 0 Å². The number of carbonyl (C=O) groups is 1. The Morgan fingerprint density at radius 3 is 1.83 bits per heavy atom. The van der Waals surface area contributed by atoms with E-state index in [1.165, 1.54) is 181 Å². The molecule has 24 rings (SSSR count). The van der Waals surface area contributed by atoms with Gasteiger partial charge in [-0.05, 0) is 167 Å². The standard InChI is InChI=1S/C25H21N2.C24H17N2.C20H15N2.C18H14N.C13H10.C5H8O2.Ir/c1-15-10-11-21-20(12-15)19-9-5-8-18-13-26-14-22(27(21)25(26)24(18)19)23-16(2)6-4-7-17(23)3;1-3-11-19-17(8-1)10-7-15-21(19)26-23-14-6-5-13-22(23)25-16-18-9-2-4-12-20(18)24(25)26;1-3-9-17-15(6-1)8-5-11-19(17)22-13-12-21-14-16-7-2-4-10-18(16)20(21)22;1-18(2)14-8-4-3-7-13(14)17-16-12(10-11-19-17)6-5-9-15(16)18;1-3-7-12-10(5-1)9-11-6-2-4-8-13(11)12;1-4(6)3-5(2)7;/h4-12,14H,13H2,1-3H3;1-15H,16H2;1-13H,14H2;3-6,8-11H,1-2H3;1-8H,9H2;3,6H,1-2H3;/q3*+1;-1;;;/i;;;;1D,2D,3D,4D,5D,6D,7D,8D;;. The third kappa shape index (κ3) is 12.8. The molecule has 5 aliphatic rings. The van der Waals surface area contributed by atoms with Crippen molar-refractivity contribution in [3.8, 4) is 67.8 Å². The minimum Gasteiger partial charge on any atom is -0.512 e. The smallest absolute Gasteiger partial charge is 0.295 e. The summed E-state index contributed by atoms with van der Waals surface area (Å²) < 4.78 is 77.1. The van der Waals surface area contributed by atoms with Crippen LogP contribution < -0.4 is 13.7 Å². The van der Waals surface area contributed by atoms with Crippen molar-refractivity contribution >= 4 is 76.5 Å². The van der Waals surface area contributed by atoms with Crippen molar-refractivity contribution in [2.24, 2.45) is 0 Å². The van der Waals surface area contributed by atoms with E-state index >= 15 is 0 Å². The Hall–Kier alpha value is -13.2. The first-order valence-corrected chi connectivity index (χ1v) is 38.7. The average molecular weight is 1680 g/mol. The fraction of sp³-hybridized carbons (Fsp3) is 0.114. The van der Waals surface area contributed by atoms with Crippen molar-refractivity contribution in [2.45, 2.75) is 79.9 Å². The Balaban J connectivity index is 0.000000103. The number of para-hydroxylation sites is 2. The van der Waals surface area contributed by atoms with Crippen LogP contribution in [-0.4, -0.2) is 29.4 Å². The number of aromatic nitrogens is 7. The number of aryl methyl sites for hydroxylation is 3. The fourth-order valence-corrected chi connectivity index (χ4v) is 17.9. The number of ketones is 1. The van der Waals surface area contributed by atoms with E-state index in [1.807, 2.05) is 12.3 Å². The quantitative estimate of drug-likeness (QED) is 0.0627. The first-order valence-electron chi connectivity index (χ1n) is 42.7. The summed E-state index contributed by atoms with van der Waals surface area (Å²) in [4.78, 5) is 14.6. The van der Waals surface area contributed by atoms with Crippen LogP contribution in [0, 0.1) is 26.8 Å². The van der Waals surface area contributed by atoms with Crippen LogP contribution in [0.5, 0.6) is 0 Å². The van der Waals surface area contributed by atoms with Crippen molar-refractivity contribution < 1.29 is 54.7 Å². The van der Waals surface area contributed by atoms with Gasteiger partial charge in [0.25, 0.3) is 17.3 Å². The number of nitrogens with zero attached hydrogens (tertiary/aromatic N) is 7. The topological polar surface area (TPSA) is 76.1 Å². The molecule has 14 aromatic carbocycles. The second kappa shape index (κ2) is 30.0. The molecule has 0 bridgehead atoms. The van der Waals surface area contributed by atoms with Crippen LogP contribution in [0.4, 0.5) is 0 Å². The Labute approximate surface area is 694 Å². The van der Waals surface area contributed by atoms with Gasteiger partial charge in [0, 0.05) is 76.2 Å². The van der Waals surface area contributed by atoms with E-state index < -0.39 is 0 Å². The number of benzene rings is 14. The van der Waals surface area contributed by atoms with Gasteiger partial charge in [-0.15, -0.1) is 35.4 Å². The maximum absolute atomic E-state index is 10.0. The van der Waals surface area contributed by atoms with Crippen LogP contribution in [0.3, 0.4) is 0 Å². The molecule has 115 heavy (non-hydrogen) atoms. The minimum atomic E-state index is -0.390. The molecule has 10 heteroatoms. The monoisotopic (exact) mass is 1680 g/mol. The van der Waals surface area contributed by atoms with Gasteiger partial charge < -0.3 is 10.1 Å². The van der Waals surface area contributed by atoms with Crippen LogP contribution in [0.1, 0.15) is 94.3 Å². The first-order chi connectivity index (χ1) is 59.1. The molecule has 0 saturated carbocycles. The third-order valence-corrected chi connectivity index (χ3v) is 22.9. The van der Waals surface area contributed by atoms with E-state index in [2.05, 4.69) is 340 Å². The van der Waals surface area contributed by atoms with Gasteiger partial charge in [-0.1, -0.05) is 250 Å². The first kappa shape index (κ1) is 64.3. The molecule has 0 atom stereocenters. The predicted octanol–water partition coefficient (Wildman–Crippen LogP) is 23.2. The molecule has 5 aromatic heterocycles. The number of rotatable bonds is 4. The van der Waals surface area contributed by atoms with E-state index in [9.17, 15) is 4.79 Å². The van der Waals surface area contributed by atoms with Crippen LogP contribution in [0.2, 0.25) is 0 Å². The normalized spacial score (nSPS) is 13.8. The number of carbonyl (C=O) groups excluding carboxylic acids is 1. The molecule has 0 unspecified atom stereocenters. The van der Waals surface area contributed by atoms with Gasteiger partial charge in [-0.2, -0.15) is 13.5 Å². The van der Waals surface area contributed by atoms with E-state index in [-0.39, 0.29) is 103 Å². The van der Waals surface area contributed by atoms with E-state index in [1.54, 1.807) is 0 Å². The summed E-state index contributed by atoms with van der Waals surface area (Å²) in [6.07, 6.45) is 9.86. The summed E-state index contributed by atoms with van der Waals surface area (Å²) >= 11 is 0. The summed E-state index contributed by atoms with van der Waals surface area (Å²) in [5, 5.41) is 20.1. The van der Waals surface area contributed by atoms with Gasteiger partial charge in [0.1, 0.15) is 55.1 Å². The van der Waals surface area contributed by atoms with Gasteiger partial charge in [0.2, 0.25) is 0 Å². The number of hydrogen-bond donors (Lipinski definition) is 1. The molecule has 0 saturated heterocycles. The molecule has 0 fully saturated rings. The zero-order valence-electron chi connectivity index (χ0n) is 72.8. The summed E-state index contributed by atoms with van der Waals surface area (Å²) in [7, 11) is 0. The third-order valence-electron chi connectivity index (χ3n) is 22.9. The second-order valence-electron chi connectivity index (χ2n) is 30.5. The number of aliphatic hydroxyl groups is 1. The molecule has 1 radical (unpaired) electrons. The molecule has 8 heterocycles. The molecular weight excluding hydrogens is 1580 g/mol. The number of fused-ring (bicyclic) bond motifs is 18. The van der Waals surface area contributed by atoms with Crippen LogP contribution in [0.15, 0.2) is 340 Å². The predicted molar refractivity (Wildman–Crippen MR) is 465 cm³/mol. The van der Waals surface area contributed by atoms with Gasteiger partial charge in [0.15, 0.2) is 22.5 Å². The van der Waals surface area contributed by atoms with Crippen molar-refractivity contribution in [2.75, 3.05) is 0 Å². The van der Waals surface area contributed by atoms with Crippen LogP contribution in [0.25, 0.3) is 138 Å². The summed E-state index contributed by atoms with van der Waals surface area (Å²) in [5.41, 5.74) is 27.1. The van der Waals surface area contributed by atoms with Gasteiger partial charge in [-0.3, -0.25) is 4.79 Å². The summed E-state index contributed by atoms with van der Waals surface area (Å²) in [6.45, 7) is 16.9. The average Bonchev–Trinajstić information content (AvgIpc) is 1.61. The molecule has 0 spiro atoms. The van der Waals surface area contributed by atoms with Gasteiger partial charge in [-0.25, -0.2) is 13.7 Å². The van der Waals surface area contributed by atoms with E-state index in [0.717, 1.165) is 30.9 Å². The number of pyridine rings is 2. The molecule has 2 aliphatic carbocycles. The number of imidazole rings is 3. The molecular formula is C105H85IrN7O2+2. The Morgan fingerprint density at radius 1 is 0.530 bits per heavy atom. The molecule has 19 aromatic rings. The molecule has 559 valence electrons. The number of hydrogen-bond acceptors (Lipinski definition) is 3. The zero-order valence-corrected chi connectivity index (χ0v) is 67.2. The summed E-state index contributed by atoms with van der Waals surface area (Å²) in [5.74, 6) is 2.48. The summed E-state index contributed by atoms with van der Waals surface area (Å²) in [6, 6.07) is 92.5. The van der Waals surface area contributed by atoms with Crippen molar-refractivity contribution in [3.63, 3.8) is 0 Å². The van der Waals surface area contributed by atoms with Gasteiger partial charge in [0.05, 0.1) is 33.2 Å². The second-order valence-corrected chi connectivity index (χ2v) is 30.5. The van der Waals surface area contributed by atoms with Gasteiger partial charge >= 0.3 is 0 Å². The van der Waals surface area contributed by atoms with E-state index in [4.69, 9.17) is 16.1 Å². The maximum Gasteiger partial charge on any atom is 0.295 e. The largest absolute Gasteiger partial charge is 0.512 e. The van der Waals surface area contributed by atoms with Crippen molar-refractivity contribution in [3.05, 3.63) is 401 Å². The van der Waals surface area contributed by atoms with Crippen LogP contribution in [-0.2, 0) is 56.4 Å². The number of allylic oxidation sites excluding steroid dienone is 2.